The van der Waals surface area contributed by atoms with Crippen molar-refractivity contribution in [2.75, 3.05) is 10.5 Å². The summed E-state index contributed by atoms with van der Waals surface area (Å²) in [6, 6.07) is 12.4. The predicted octanol–water partition coefficient (Wildman–Crippen LogP) is 3.15. The van der Waals surface area contributed by atoms with E-state index in [0.717, 1.165) is 5.56 Å². The van der Waals surface area contributed by atoms with Gasteiger partial charge in [0, 0.05) is 0 Å². The van der Waals surface area contributed by atoms with E-state index in [1.54, 1.807) is 35.8 Å². The van der Waals surface area contributed by atoms with E-state index in [1.165, 1.54) is 0 Å². The molecule has 0 spiro atoms. The number of hydrogen-bond donors (Lipinski definition) is 1. The van der Waals surface area contributed by atoms with Crippen LogP contribution in [0.3, 0.4) is 0 Å². The molecule has 0 fully saturated rings. The first-order valence-electron chi connectivity index (χ1n) is 8.42. The first-order chi connectivity index (χ1) is 12.3. The van der Waals surface area contributed by atoms with E-state index in [0.29, 0.717) is 34.5 Å². The molecule has 0 amide bonds. The smallest absolute Gasteiger partial charge is 0.265 e. The molecule has 1 heterocycles. The van der Waals surface area contributed by atoms with Crippen LogP contribution in [-0.2, 0) is 10.0 Å². The van der Waals surface area contributed by atoms with E-state index in [1.807, 2.05) is 32.0 Å². The van der Waals surface area contributed by atoms with Crippen molar-refractivity contribution in [3.05, 3.63) is 64.2 Å². The second kappa shape index (κ2) is 6.92. The minimum absolute atomic E-state index is 0.0708. The number of benzene rings is 2. The van der Waals surface area contributed by atoms with E-state index < -0.39 is 10.0 Å². The van der Waals surface area contributed by atoms with Crippen molar-refractivity contribution in [1.82, 2.24) is 9.55 Å². The molecule has 26 heavy (non-hydrogen) atoms. The number of nitrogens with zero attached hydrogens (tertiary/aromatic N) is 2. The lowest BCUT2D eigenvalue weighted by molar-refractivity contribution is 0.600. The van der Waals surface area contributed by atoms with Crippen molar-refractivity contribution in [3.63, 3.8) is 0 Å². The lowest BCUT2D eigenvalue weighted by atomic mass is 10.1. The Morgan fingerprint density at radius 2 is 1.85 bits per heavy atom. The summed E-state index contributed by atoms with van der Waals surface area (Å²) in [7, 11) is -3.36. The molecule has 7 heteroatoms. The molecule has 0 aliphatic carbocycles. The van der Waals surface area contributed by atoms with Crippen molar-refractivity contribution < 1.29 is 8.42 Å². The topological polar surface area (TPSA) is 81.1 Å². The predicted molar refractivity (Wildman–Crippen MR) is 105 cm³/mol. The van der Waals surface area contributed by atoms with Crippen LogP contribution in [0.5, 0.6) is 0 Å². The molecule has 0 saturated heterocycles. The Kier molecular flexibility index (Phi) is 4.82. The molecular formula is C19H21N3O3S. The second-order valence-electron chi connectivity index (χ2n) is 6.24. The molecule has 0 radical (unpaired) electrons. The van der Waals surface area contributed by atoms with Crippen molar-refractivity contribution in [2.45, 2.75) is 27.2 Å². The number of hydrogen-bond acceptors (Lipinski definition) is 4. The van der Waals surface area contributed by atoms with Crippen molar-refractivity contribution in [1.29, 1.82) is 0 Å². The molecule has 0 saturated carbocycles. The van der Waals surface area contributed by atoms with Crippen LogP contribution < -0.4 is 10.3 Å². The number of anilines is 1. The molecular weight excluding hydrogens is 350 g/mol. The standard InChI is InChI=1S/C19H21N3O3S/c1-4-11-26(24,25)21-17-10-9-15(12-13(17)2)22-14(3)20-18-8-6-5-7-16(18)19(22)23/h5-10,12,21H,4,11H2,1-3H3. The number of fused-ring (bicyclic) bond motifs is 1. The minimum Gasteiger partial charge on any atom is -0.283 e. The number of rotatable bonds is 5. The number of sulfonamides is 1. The molecule has 0 aliphatic rings. The zero-order valence-corrected chi connectivity index (χ0v) is 15.8. The Balaban J connectivity index is 2.08. The maximum absolute atomic E-state index is 12.9. The molecule has 0 unspecified atom stereocenters. The van der Waals surface area contributed by atoms with Gasteiger partial charge in [0.25, 0.3) is 5.56 Å². The van der Waals surface area contributed by atoms with Gasteiger partial charge < -0.3 is 0 Å². The summed E-state index contributed by atoms with van der Waals surface area (Å²) in [5.74, 6) is 0.647. The van der Waals surface area contributed by atoms with E-state index in [-0.39, 0.29) is 11.3 Å². The number of nitrogens with one attached hydrogen (secondary N) is 1. The molecule has 0 atom stereocenters. The summed E-state index contributed by atoms with van der Waals surface area (Å²) in [4.78, 5) is 17.4. The largest absolute Gasteiger partial charge is 0.283 e. The van der Waals surface area contributed by atoms with Gasteiger partial charge >= 0.3 is 0 Å². The van der Waals surface area contributed by atoms with Crippen LogP contribution in [0, 0.1) is 13.8 Å². The first-order valence-corrected chi connectivity index (χ1v) is 10.1. The fourth-order valence-corrected chi connectivity index (χ4v) is 4.14. The van der Waals surface area contributed by atoms with Crippen molar-refractivity contribution in [3.8, 4) is 5.69 Å². The molecule has 1 aromatic heterocycles. The Morgan fingerprint density at radius 3 is 2.54 bits per heavy atom. The average Bonchev–Trinajstić information content (AvgIpc) is 2.57. The molecule has 0 aliphatic heterocycles. The van der Waals surface area contributed by atoms with E-state index in [9.17, 15) is 13.2 Å². The third kappa shape index (κ3) is 3.48. The third-order valence-electron chi connectivity index (χ3n) is 4.15. The lowest BCUT2D eigenvalue weighted by Gasteiger charge is -2.14. The fraction of sp³-hybridized carbons (Fsp3) is 0.263. The monoisotopic (exact) mass is 371 g/mol. The van der Waals surface area contributed by atoms with E-state index in [4.69, 9.17) is 0 Å². The van der Waals surface area contributed by atoms with Gasteiger partial charge in [0.15, 0.2) is 0 Å². The van der Waals surface area contributed by atoms with Crippen LogP contribution in [-0.4, -0.2) is 23.7 Å². The second-order valence-corrected chi connectivity index (χ2v) is 8.08. The van der Waals surface area contributed by atoms with Gasteiger partial charge in [0.1, 0.15) is 5.82 Å². The van der Waals surface area contributed by atoms with Crippen LogP contribution in [0.25, 0.3) is 16.6 Å². The first kappa shape index (κ1) is 18.1. The van der Waals surface area contributed by atoms with Gasteiger partial charge in [0.2, 0.25) is 10.0 Å². The third-order valence-corrected chi connectivity index (χ3v) is 5.63. The van der Waals surface area contributed by atoms with Crippen LogP contribution in [0.2, 0.25) is 0 Å². The van der Waals surface area contributed by atoms with Crippen molar-refractivity contribution >= 4 is 26.6 Å². The van der Waals surface area contributed by atoms with Gasteiger partial charge in [0.05, 0.1) is 28.0 Å². The summed E-state index contributed by atoms with van der Waals surface area (Å²) in [6.07, 6.45) is 0.545. The van der Waals surface area contributed by atoms with Gasteiger partial charge in [-0.15, -0.1) is 0 Å². The van der Waals surface area contributed by atoms with Gasteiger partial charge in [-0.25, -0.2) is 13.4 Å². The van der Waals surface area contributed by atoms with E-state index in [2.05, 4.69) is 9.71 Å². The molecule has 136 valence electrons. The maximum atomic E-state index is 12.9. The molecule has 3 rings (SSSR count). The van der Waals surface area contributed by atoms with Crippen LogP contribution in [0.15, 0.2) is 47.3 Å². The molecule has 0 bridgehead atoms. The Labute approximate surface area is 152 Å². The maximum Gasteiger partial charge on any atom is 0.265 e. The zero-order valence-electron chi connectivity index (χ0n) is 15.0. The molecule has 6 nitrogen and oxygen atoms in total. The number of aryl methyl sites for hydroxylation is 2. The van der Waals surface area contributed by atoms with E-state index >= 15 is 0 Å². The summed E-state index contributed by atoms with van der Waals surface area (Å²) in [5, 5.41) is 0.545. The highest BCUT2D eigenvalue weighted by molar-refractivity contribution is 7.92. The average molecular weight is 371 g/mol. The zero-order chi connectivity index (χ0) is 18.9. The normalized spacial score (nSPS) is 11.7. The lowest BCUT2D eigenvalue weighted by Crippen LogP contribution is -2.22. The fourth-order valence-electron chi connectivity index (χ4n) is 2.94. The number of aromatic nitrogens is 2. The Morgan fingerprint density at radius 1 is 1.12 bits per heavy atom. The van der Waals surface area contributed by atoms with Gasteiger partial charge in [-0.05, 0) is 56.2 Å². The number of para-hydroxylation sites is 1. The van der Waals surface area contributed by atoms with Gasteiger partial charge in [-0.3, -0.25) is 14.1 Å². The summed E-state index contributed by atoms with van der Waals surface area (Å²) >= 11 is 0. The summed E-state index contributed by atoms with van der Waals surface area (Å²) in [6.45, 7) is 5.40. The molecule has 1 N–H and O–H groups in total. The highest BCUT2D eigenvalue weighted by Gasteiger charge is 2.13. The Bertz CT molecular complexity index is 1130. The summed E-state index contributed by atoms with van der Waals surface area (Å²) < 4.78 is 28.1. The SMILES string of the molecule is CCCS(=O)(=O)Nc1ccc(-n2c(C)nc3ccccc3c2=O)cc1C. The Hall–Kier alpha value is -2.67. The van der Waals surface area contributed by atoms with Gasteiger partial charge in [-0.1, -0.05) is 19.1 Å². The highest BCUT2D eigenvalue weighted by Crippen LogP contribution is 2.21. The molecule has 2 aromatic carbocycles. The minimum atomic E-state index is -3.36. The highest BCUT2D eigenvalue weighted by atomic mass is 32.2. The van der Waals surface area contributed by atoms with Crippen LogP contribution >= 0.6 is 0 Å². The molecule has 3 aromatic rings. The van der Waals surface area contributed by atoms with Crippen LogP contribution in [0.1, 0.15) is 24.7 Å². The van der Waals surface area contributed by atoms with Crippen LogP contribution in [0.4, 0.5) is 5.69 Å². The van der Waals surface area contributed by atoms with Gasteiger partial charge in [-0.2, -0.15) is 0 Å². The summed E-state index contributed by atoms with van der Waals surface area (Å²) in [5.41, 5.74) is 2.42. The quantitative estimate of drug-likeness (QED) is 0.747. The van der Waals surface area contributed by atoms with Crippen molar-refractivity contribution in [2.24, 2.45) is 0 Å².